The summed E-state index contributed by atoms with van der Waals surface area (Å²) in [5, 5.41) is 12.1. The number of aromatic amines is 1. The average molecular weight is 243 g/mol. The molecule has 3 nitrogen and oxygen atoms in total. The Morgan fingerprint density at radius 1 is 1.22 bits per heavy atom. The lowest BCUT2D eigenvalue weighted by Crippen LogP contribution is -2.37. The molecule has 18 heavy (non-hydrogen) atoms. The molecule has 0 spiro atoms. The molecule has 1 aliphatic rings. The zero-order valence-corrected chi connectivity index (χ0v) is 11.1. The van der Waals surface area contributed by atoms with Crippen molar-refractivity contribution in [2.45, 2.75) is 39.2 Å². The number of aromatic nitrogens is 2. The molecular formula is C15H21N3. The summed E-state index contributed by atoms with van der Waals surface area (Å²) in [7, 11) is 0. The van der Waals surface area contributed by atoms with Crippen molar-refractivity contribution < 1.29 is 0 Å². The van der Waals surface area contributed by atoms with Crippen molar-refractivity contribution >= 4 is 16.6 Å². The van der Waals surface area contributed by atoms with Crippen LogP contribution in [0.15, 0.2) is 24.4 Å². The van der Waals surface area contributed by atoms with Gasteiger partial charge < -0.3 is 5.32 Å². The van der Waals surface area contributed by atoms with E-state index in [2.05, 4.69) is 47.6 Å². The third-order valence-electron chi connectivity index (χ3n) is 4.34. The molecule has 1 aromatic heterocycles. The van der Waals surface area contributed by atoms with Crippen molar-refractivity contribution in [1.29, 1.82) is 0 Å². The van der Waals surface area contributed by atoms with Crippen LogP contribution in [0.25, 0.3) is 10.9 Å². The van der Waals surface area contributed by atoms with Crippen molar-refractivity contribution in [1.82, 2.24) is 10.2 Å². The highest BCUT2D eigenvalue weighted by atomic mass is 15.1. The Labute approximate surface area is 108 Å². The molecule has 1 heterocycles. The Morgan fingerprint density at radius 2 is 2.00 bits per heavy atom. The summed E-state index contributed by atoms with van der Waals surface area (Å²) in [6.45, 7) is 4.72. The monoisotopic (exact) mass is 243 g/mol. The molecule has 1 fully saturated rings. The van der Waals surface area contributed by atoms with Crippen LogP contribution in [0.5, 0.6) is 0 Å². The lowest BCUT2D eigenvalue weighted by Gasteiger charge is -2.36. The van der Waals surface area contributed by atoms with Gasteiger partial charge in [0.25, 0.3) is 0 Å². The van der Waals surface area contributed by atoms with Crippen molar-refractivity contribution in [3.63, 3.8) is 0 Å². The van der Waals surface area contributed by atoms with E-state index < -0.39 is 0 Å². The second-order valence-corrected chi connectivity index (χ2v) is 5.70. The number of nitrogens with zero attached hydrogens (tertiary/aromatic N) is 1. The van der Waals surface area contributed by atoms with E-state index in [0.717, 1.165) is 17.4 Å². The summed E-state index contributed by atoms with van der Waals surface area (Å²) in [4.78, 5) is 0. The SMILES string of the molecule is CC1CCCC(C)C1Nc1cccc2cn[nH]c12. The predicted octanol–water partition coefficient (Wildman–Crippen LogP) is 3.80. The first-order valence-corrected chi connectivity index (χ1v) is 6.94. The molecule has 2 N–H and O–H groups in total. The molecule has 0 saturated heterocycles. The summed E-state index contributed by atoms with van der Waals surface area (Å²) in [6, 6.07) is 6.91. The van der Waals surface area contributed by atoms with Crippen LogP contribution in [-0.2, 0) is 0 Å². The van der Waals surface area contributed by atoms with Crippen LogP contribution < -0.4 is 5.32 Å². The van der Waals surface area contributed by atoms with Gasteiger partial charge in [0.05, 0.1) is 17.4 Å². The van der Waals surface area contributed by atoms with E-state index >= 15 is 0 Å². The standard InChI is InChI=1S/C15H21N3/c1-10-5-3-6-11(2)14(10)17-13-8-4-7-12-9-16-18-15(12)13/h4,7-11,14,17H,3,5-6H2,1-2H3,(H,16,18). The van der Waals surface area contributed by atoms with Crippen LogP contribution in [0, 0.1) is 11.8 Å². The van der Waals surface area contributed by atoms with Crippen molar-refractivity contribution in [2.24, 2.45) is 11.8 Å². The molecule has 0 bridgehead atoms. The first kappa shape index (κ1) is 11.6. The second kappa shape index (κ2) is 4.63. The Kier molecular flexibility index (Phi) is 2.98. The van der Waals surface area contributed by atoms with Gasteiger partial charge in [-0.2, -0.15) is 5.10 Å². The Morgan fingerprint density at radius 3 is 2.78 bits per heavy atom. The summed E-state index contributed by atoms with van der Waals surface area (Å²) in [5.41, 5.74) is 2.32. The minimum absolute atomic E-state index is 0.577. The molecule has 2 atom stereocenters. The van der Waals surface area contributed by atoms with Gasteiger partial charge in [0.1, 0.15) is 0 Å². The minimum Gasteiger partial charge on any atom is -0.380 e. The first-order valence-electron chi connectivity index (χ1n) is 6.94. The van der Waals surface area contributed by atoms with E-state index in [4.69, 9.17) is 0 Å². The minimum atomic E-state index is 0.577. The van der Waals surface area contributed by atoms with Crippen LogP contribution in [0.1, 0.15) is 33.1 Å². The average Bonchev–Trinajstić information content (AvgIpc) is 2.83. The van der Waals surface area contributed by atoms with E-state index in [1.54, 1.807) is 0 Å². The molecule has 0 amide bonds. The molecule has 96 valence electrons. The summed E-state index contributed by atoms with van der Waals surface area (Å²) in [5.74, 6) is 1.49. The Balaban J connectivity index is 1.89. The van der Waals surface area contributed by atoms with E-state index in [0.29, 0.717) is 6.04 Å². The lowest BCUT2D eigenvalue weighted by molar-refractivity contribution is 0.268. The molecule has 0 aliphatic heterocycles. The quantitative estimate of drug-likeness (QED) is 0.842. The van der Waals surface area contributed by atoms with Crippen molar-refractivity contribution in [3.8, 4) is 0 Å². The molecule has 2 unspecified atom stereocenters. The van der Waals surface area contributed by atoms with Gasteiger partial charge in [-0.3, -0.25) is 5.10 Å². The van der Waals surface area contributed by atoms with Crippen LogP contribution in [0.3, 0.4) is 0 Å². The van der Waals surface area contributed by atoms with Gasteiger partial charge in [-0.05, 0) is 30.7 Å². The third-order valence-corrected chi connectivity index (χ3v) is 4.34. The van der Waals surface area contributed by atoms with Gasteiger partial charge >= 0.3 is 0 Å². The highest BCUT2D eigenvalue weighted by Gasteiger charge is 2.27. The number of H-pyrrole nitrogens is 1. The number of hydrogen-bond donors (Lipinski definition) is 2. The van der Waals surface area contributed by atoms with Crippen LogP contribution in [0.4, 0.5) is 5.69 Å². The zero-order valence-electron chi connectivity index (χ0n) is 11.1. The number of benzene rings is 1. The third kappa shape index (κ3) is 1.98. The number of anilines is 1. The van der Waals surface area contributed by atoms with Gasteiger partial charge in [-0.25, -0.2) is 0 Å². The van der Waals surface area contributed by atoms with Gasteiger partial charge in [0.2, 0.25) is 0 Å². The molecular weight excluding hydrogens is 222 g/mol. The number of para-hydroxylation sites is 1. The normalized spacial score (nSPS) is 28.4. The van der Waals surface area contributed by atoms with E-state index in [-0.39, 0.29) is 0 Å². The Bertz CT molecular complexity index is 521. The van der Waals surface area contributed by atoms with Gasteiger partial charge in [-0.15, -0.1) is 0 Å². The molecule has 1 aromatic carbocycles. The first-order chi connectivity index (χ1) is 8.75. The molecule has 2 aromatic rings. The van der Waals surface area contributed by atoms with E-state index in [1.807, 2.05) is 6.20 Å². The van der Waals surface area contributed by atoms with E-state index in [9.17, 15) is 0 Å². The molecule has 3 rings (SSSR count). The highest BCUT2D eigenvalue weighted by molar-refractivity contribution is 5.90. The molecule has 0 radical (unpaired) electrons. The van der Waals surface area contributed by atoms with Gasteiger partial charge in [0, 0.05) is 11.4 Å². The largest absolute Gasteiger partial charge is 0.380 e. The van der Waals surface area contributed by atoms with Crippen LogP contribution >= 0.6 is 0 Å². The molecule has 3 heteroatoms. The number of hydrogen-bond acceptors (Lipinski definition) is 2. The topological polar surface area (TPSA) is 40.7 Å². The predicted molar refractivity (Wildman–Crippen MR) is 75.7 cm³/mol. The maximum absolute atomic E-state index is 4.13. The second-order valence-electron chi connectivity index (χ2n) is 5.70. The summed E-state index contributed by atoms with van der Waals surface area (Å²) in [6.07, 6.45) is 5.92. The zero-order chi connectivity index (χ0) is 12.5. The van der Waals surface area contributed by atoms with Gasteiger partial charge in [-0.1, -0.05) is 32.4 Å². The fourth-order valence-electron chi connectivity index (χ4n) is 3.24. The highest BCUT2D eigenvalue weighted by Crippen LogP contribution is 2.32. The summed E-state index contributed by atoms with van der Waals surface area (Å²) >= 11 is 0. The fraction of sp³-hybridized carbons (Fsp3) is 0.533. The van der Waals surface area contributed by atoms with Crippen molar-refractivity contribution in [3.05, 3.63) is 24.4 Å². The van der Waals surface area contributed by atoms with Crippen LogP contribution in [0.2, 0.25) is 0 Å². The maximum Gasteiger partial charge on any atom is 0.0881 e. The lowest BCUT2D eigenvalue weighted by atomic mass is 9.78. The molecule has 1 saturated carbocycles. The van der Waals surface area contributed by atoms with E-state index in [1.165, 1.54) is 30.3 Å². The number of nitrogens with one attached hydrogen (secondary N) is 2. The number of rotatable bonds is 2. The summed E-state index contributed by atoms with van der Waals surface area (Å²) < 4.78 is 0. The fourth-order valence-corrected chi connectivity index (χ4v) is 3.24. The Hall–Kier alpha value is -1.51. The van der Waals surface area contributed by atoms with Crippen LogP contribution in [-0.4, -0.2) is 16.2 Å². The van der Waals surface area contributed by atoms with Gasteiger partial charge in [0.15, 0.2) is 0 Å². The smallest absolute Gasteiger partial charge is 0.0881 e. The number of fused-ring (bicyclic) bond motifs is 1. The maximum atomic E-state index is 4.13. The van der Waals surface area contributed by atoms with Crippen molar-refractivity contribution in [2.75, 3.05) is 5.32 Å². The molecule has 1 aliphatic carbocycles.